The lowest BCUT2D eigenvalue weighted by atomic mass is 10.2. The van der Waals surface area contributed by atoms with Crippen LogP contribution in [-0.4, -0.2) is 25.7 Å². The second-order valence-electron chi connectivity index (χ2n) is 6.40. The van der Waals surface area contributed by atoms with E-state index in [9.17, 15) is 4.79 Å². The summed E-state index contributed by atoms with van der Waals surface area (Å²) in [5.41, 5.74) is 7.58. The summed E-state index contributed by atoms with van der Waals surface area (Å²) in [4.78, 5) is 12.2. The normalized spacial score (nSPS) is 11.5. The van der Waals surface area contributed by atoms with E-state index in [0.717, 1.165) is 11.3 Å². The Hall–Kier alpha value is -3.35. The van der Waals surface area contributed by atoms with Gasteiger partial charge in [0, 0.05) is 5.69 Å². The van der Waals surface area contributed by atoms with E-state index in [1.54, 1.807) is 31.4 Å². The van der Waals surface area contributed by atoms with Crippen LogP contribution in [0.2, 0.25) is 0 Å². The maximum Gasteiger partial charge on any atom is 0.243 e. The number of carbonyl (C=O) groups excluding carboxylic acids is 1. The molecule has 0 aromatic heterocycles. The first-order valence-electron chi connectivity index (χ1n) is 9.24. The van der Waals surface area contributed by atoms with Gasteiger partial charge in [0.25, 0.3) is 0 Å². The van der Waals surface area contributed by atoms with E-state index in [4.69, 9.17) is 19.9 Å². The van der Waals surface area contributed by atoms with Crippen LogP contribution < -0.4 is 20.5 Å². The molecule has 0 aliphatic rings. The van der Waals surface area contributed by atoms with Gasteiger partial charge in [0.05, 0.1) is 20.3 Å². The van der Waals surface area contributed by atoms with E-state index >= 15 is 0 Å². The lowest BCUT2D eigenvalue weighted by Crippen LogP contribution is -2.39. The van der Waals surface area contributed by atoms with Crippen LogP contribution in [0.4, 0.5) is 5.69 Å². The number of carbonyl (C=O) groups is 1. The summed E-state index contributed by atoms with van der Waals surface area (Å²) in [6, 6.07) is 23.3. The maximum absolute atomic E-state index is 12.2. The van der Waals surface area contributed by atoms with Gasteiger partial charge in [0.15, 0.2) is 0 Å². The minimum absolute atomic E-state index is 0.138. The predicted octanol–water partition coefficient (Wildman–Crippen LogP) is 3.97. The molecule has 1 unspecified atom stereocenters. The zero-order chi connectivity index (χ0) is 20.5. The highest BCUT2D eigenvalue weighted by molar-refractivity contribution is 5.94. The van der Waals surface area contributed by atoms with Crippen molar-refractivity contribution in [2.45, 2.75) is 12.6 Å². The van der Waals surface area contributed by atoms with E-state index in [1.807, 2.05) is 54.6 Å². The smallest absolute Gasteiger partial charge is 0.243 e. The van der Waals surface area contributed by atoms with E-state index in [-0.39, 0.29) is 12.5 Å². The van der Waals surface area contributed by atoms with Crippen LogP contribution in [0.15, 0.2) is 78.9 Å². The zero-order valence-electron chi connectivity index (χ0n) is 16.2. The van der Waals surface area contributed by atoms with E-state index in [0.29, 0.717) is 23.8 Å². The molecule has 0 bridgehead atoms. The zero-order valence-corrected chi connectivity index (χ0v) is 16.2. The first-order chi connectivity index (χ1) is 14.1. The summed E-state index contributed by atoms with van der Waals surface area (Å²) in [6.45, 7) is 0.554. The minimum atomic E-state index is -0.756. The van der Waals surface area contributed by atoms with Crippen LogP contribution in [-0.2, 0) is 16.1 Å². The second-order valence-corrected chi connectivity index (χ2v) is 6.40. The first kappa shape index (κ1) is 20.4. The quantitative estimate of drug-likeness (QED) is 0.576. The Bertz CT molecular complexity index is 896. The van der Waals surface area contributed by atoms with Crippen molar-refractivity contribution in [1.82, 2.24) is 0 Å². The fraction of sp³-hybridized carbons (Fsp3) is 0.174. The molecule has 1 amide bonds. The van der Waals surface area contributed by atoms with Crippen LogP contribution in [0.5, 0.6) is 17.2 Å². The number of nitrogens with one attached hydrogen (secondary N) is 1. The van der Waals surface area contributed by atoms with Gasteiger partial charge in [-0.25, -0.2) is 0 Å². The standard InChI is InChI=1S/C23H24N2O4/c1-27-19-11-13-21(14-12-19)29-20-9-7-18(8-10-20)25-23(26)22(24)16-28-15-17-5-3-2-4-6-17/h2-14,22H,15-16,24H2,1H3,(H,25,26). The van der Waals surface area contributed by atoms with E-state index in [1.165, 1.54) is 0 Å². The second kappa shape index (κ2) is 10.3. The third kappa shape index (κ3) is 6.34. The van der Waals surface area contributed by atoms with Gasteiger partial charge in [-0.2, -0.15) is 0 Å². The third-order valence-electron chi connectivity index (χ3n) is 4.16. The van der Waals surface area contributed by atoms with Crippen LogP contribution in [0, 0.1) is 0 Å². The Kier molecular flexibility index (Phi) is 7.22. The highest BCUT2D eigenvalue weighted by atomic mass is 16.5. The van der Waals surface area contributed by atoms with Crippen molar-refractivity contribution in [3.8, 4) is 17.2 Å². The lowest BCUT2D eigenvalue weighted by molar-refractivity contribution is -0.118. The molecule has 3 rings (SSSR count). The molecule has 0 aliphatic carbocycles. The average molecular weight is 392 g/mol. The largest absolute Gasteiger partial charge is 0.497 e. The highest BCUT2D eigenvalue weighted by Crippen LogP contribution is 2.25. The average Bonchev–Trinajstić information content (AvgIpc) is 2.76. The molecule has 6 heteroatoms. The monoisotopic (exact) mass is 392 g/mol. The summed E-state index contributed by atoms with van der Waals surface area (Å²) >= 11 is 0. The number of hydrogen-bond acceptors (Lipinski definition) is 5. The highest BCUT2D eigenvalue weighted by Gasteiger charge is 2.14. The number of ether oxygens (including phenoxy) is 3. The van der Waals surface area contributed by atoms with Gasteiger partial charge in [-0.1, -0.05) is 30.3 Å². The van der Waals surface area contributed by atoms with Gasteiger partial charge in [-0.05, 0) is 54.1 Å². The van der Waals surface area contributed by atoms with Crippen molar-refractivity contribution < 1.29 is 19.0 Å². The van der Waals surface area contributed by atoms with Crippen LogP contribution in [0.1, 0.15) is 5.56 Å². The number of amides is 1. The molecule has 3 aromatic carbocycles. The molecule has 0 radical (unpaired) electrons. The summed E-state index contributed by atoms with van der Waals surface area (Å²) < 4.78 is 16.4. The molecule has 0 saturated carbocycles. The third-order valence-corrected chi connectivity index (χ3v) is 4.16. The summed E-state index contributed by atoms with van der Waals surface area (Å²) in [7, 11) is 1.62. The van der Waals surface area contributed by atoms with Crippen LogP contribution in [0.25, 0.3) is 0 Å². The molecule has 3 N–H and O–H groups in total. The Morgan fingerprint density at radius 2 is 1.48 bits per heavy atom. The fourth-order valence-corrected chi connectivity index (χ4v) is 2.57. The molecule has 29 heavy (non-hydrogen) atoms. The minimum Gasteiger partial charge on any atom is -0.497 e. The Morgan fingerprint density at radius 3 is 2.10 bits per heavy atom. The Balaban J connectivity index is 1.46. The van der Waals surface area contributed by atoms with Crippen molar-refractivity contribution in [1.29, 1.82) is 0 Å². The van der Waals surface area contributed by atoms with E-state index in [2.05, 4.69) is 5.32 Å². The predicted molar refractivity (Wildman–Crippen MR) is 112 cm³/mol. The fourth-order valence-electron chi connectivity index (χ4n) is 2.57. The number of methoxy groups -OCH3 is 1. The van der Waals surface area contributed by atoms with Crippen molar-refractivity contribution >= 4 is 11.6 Å². The van der Waals surface area contributed by atoms with Crippen molar-refractivity contribution in [2.24, 2.45) is 5.73 Å². The van der Waals surface area contributed by atoms with E-state index < -0.39 is 6.04 Å². The van der Waals surface area contributed by atoms with Gasteiger partial charge in [-0.15, -0.1) is 0 Å². The lowest BCUT2D eigenvalue weighted by Gasteiger charge is -2.13. The Labute approximate surface area is 170 Å². The van der Waals surface area contributed by atoms with Crippen molar-refractivity contribution in [3.05, 3.63) is 84.4 Å². The number of rotatable bonds is 9. The van der Waals surface area contributed by atoms with Crippen LogP contribution in [0.3, 0.4) is 0 Å². The molecular weight excluding hydrogens is 368 g/mol. The molecule has 6 nitrogen and oxygen atoms in total. The molecular formula is C23H24N2O4. The van der Waals surface area contributed by atoms with Gasteiger partial charge in [0.1, 0.15) is 23.3 Å². The molecule has 0 heterocycles. The summed E-state index contributed by atoms with van der Waals surface area (Å²) in [5, 5.41) is 2.78. The van der Waals surface area contributed by atoms with Crippen molar-refractivity contribution in [3.63, 3.8) is 0 Å². The molecule has 0 saturated heterocycles. The maximum atomic E-state index is 12.2. The summed E-state index contributed by atoms with van der Waals surface area (Å²) in [5.74, 6) is 1.81. The van der Waals surface area contributed by atoms with Gasteiger partial charge >= 0.3 is 0 Å². The van der Waals surface area contributed by atoms with Crippen LogP contribution >= 0.6 is 0 Å². The summed E-state index contributed by atoms with van der Waals surface area (Å²) in [6.07, 6.45) is 0. The van der Waals surface area contributed by atoms with Gasteiger partial charge in [0.2, 0.25) is 5.91 Å². The molecule has 3 aromatic rings. The van der Waals surface area contributed by atoms with Gasteiger partial charge < -0.3 is 25.3 Å². The molecule has 0 spiro atoms. The molecule has 1 atom stereocenters. The number of benzene rings is 3. The number of nitrogens with two attached hydrogens (primary N) is 1. The SMILES string of the molecule is COc1ccc(Oc2ccc(NC(=O)C(N)COCc3ccccc3)cc2)cc1. The molecule has 150 valence electrons. The Morgan fingerprint density at radius 1 is 0.897 bits per heavy atom. The van der Waals surface area contributed by atoms with Crippen molar-refractivity contribution in [2.75, 3.05) is 19.0 Å². The van der Waals surface area contributed by atoms with Gasteiger partial charge in [-0.3, -0.25) is 4.79 Å². The molecule has 0 fully saturated rings. The number of anilines is 1. The topological polar surface area (TPSA) is 82.8 Å². The number of hydrogen-bond donors (Lipinski definition) is 2. The first-order valence-corrected chi connectivity index (χ1v) is 9.24. The molecule has 0 aliphatic heterocycles.